The lowest BCUT2D eigenvalue weighted by molar-refractivity contribution is -0.151. The number of likely N-dealkylation sites (tertiary alicyclic amines) is 1. The molecule has 0 aromatic rings. The van der Waals surface area contributed by atoms with Crippen molar-refractivity contribution < 1.29 is 19.5 Å². The highest BCUT2D eigenvalue weighted by Gasteiger charge is 2.33. The zero-order valence-corrected chi connectivity index (χ0v) is 13.3. The summed E-state index contributed by atoms with van der Waals surface area (Å²) in [5.74, 6) is -1.45. The Labute approximate surface area is 126 Å². The van der Waals surface area contributed by atoms with E-state index in [1.54, 1.807) is 4.90 Å². The molecule has 0 aromatic carbocycles. The molecular formula is C15H26N2O4. The van der Waals surface area contributed by atoms with Crippen LogP contribution >= 0.6 is 0 Å². The molecule has 6 heteroatoms. The van der Waals surface area contributed by atoms with Crippen LogP contribution in [-0.4, -0.2) is 58.9 Å². The molecule has 1 fully saturated rings. The Hall–Kier alpha value is -1.59. The first-order valence-electron chi connectivity index (χ1n) is 7.57. The number of amides is 2. The molecule has 0 saturated carbocycles. The number of hydrogen-bond acceptors (Lipinski definition) is 3. The number of carboxylic acid groups (broad SMARTS) is 1. The minimum absolute atomic E-state index is 0.0328. The molecule has 1 aliphatic rings. The van der Waals surface area contributed by atoms with Gasteiger partial charge in [-0.05, 0) is 26.2 Å². The van der Waals surface area contributed by atoms with E-state index >= 15 is 0 Å². The molecule has 6 nitrogen and oxygen atoms in total. The highest BCUT2D eigenvalue weighted by molar-refractivity contribution is 5.85. The largest absolute Gasteiger partial charge is 0.480 e. The molecule has 0 radical (unpaired) electrons. The van der Waals surface area contributed by atoms with Gasteiger partial charge in [-0.3, -0.25) is 9.59 Å². The monoisotopic (exact) mass is 298 g/mol. The van der Waals surface area contributed by atoms with Crippen LogP contribution in [0.15, 0.2) is 0 Å². The molecule has 1 N–H and O–H groups in total. The van der Waals surface area contributed by atoms with Gasteiger partial charge in [-0.15, -0.1) is 0 Å². The van der Waals surface area contributed by atoms with Crippen molar-refractivity contribution in [3.05, 3.63) is 0 Å². The Bertz CT molecular complexity index is 410. The number of carboxylic acids is 1. The third-order valence-electron chi connectivity index (χ3n) is 4.40. The van der Waals surface area contributed by atoms with Crippen molar-refractivity contribution >= 4 is 17.8 Å². The van der Waals surface area contributed by atoms with Gasteiger partial charge in [0.25, 0.3) is 0 Å². The molecule has 1 rings (SSSR count). The predicted octanol–water partition coefficient (Wildman–Crippen LogP) is 1.20. The Morgan fingerprint density at radius 3 is 2.48 bits per heavy atom. The van der Waals surface area contributed by atoms with Crippen molar-refractivity contribution in [2.75, 3.05) is 20.1 Å². The van der Waals surface area contributed by atoms with E-state index in [0.717, 1.165) is 12.8 Å². The number of aliphatic carboxylic acids is 1. The van der Waals surface area contributed by atoms with Crippen molar-refractivity contribution in [2.24, 2.45) is 11.8 Å². The Kier molecular flexibility index (Phi) is 6.18. The Balaban J connectivity index is 2.70. The lowest BCUT2D eigenvalue weighted by Gasteiger charge is -2.36. The summed E-state index contributed by atoms with van der Waals surface area (Å²) in [6.07, 6.45) is 2.28. The Morgan fingerprint density at radius 2 is 1.95 bits per heavy atom. The van der Waals surface area contributed by atoms with Crippen LogP contribution in [-0.2, 0) is 14.4 Å². The van der Waals surface area contributed by atoms with Crippen molar-refractivity contribution in [3.63, 3.8) is 0 Å². The minimum Gasteiger partial charge on any atom is -0.480 e. The maximum atomic E-state index is 12.4. The standard InChI is InChI=1S/C15H26N2O4/c1-5-10(2)13(18)17-8-6-7-12(9-17)14(19)16(4)11(3)15(20)21/h10-12H,5-9H2,1-4H3,(H,20,21). The van der Waals surface area contributed by atoms with Crippen LogP contribution < -0.4 is 0 Å². The summed E-state index contributed by atoms with van der Waals surface area (Å²) in [6.45, 7) is 6.44. The topological polar surface area (TPSA) is 77.9 Å². The van der Waals surface area contributed by atoms with Crippen LogP contribution in [0.5, 0.6) is 0 Å². The van der Waals surface area contributed by atoms with Gasteiger partial charge in [0.05, 0.1) is 5.92 Å². The maximum Gasteiger partial charge on any atom is 0.326 e. The van der Waals surface area contributed by atoms with Gasteiger partial charge in [0.15, 0.2) is 0 Å². The SMILES string of the molecule is CCC(C)C(=O)N1CCCC(C(=O)N(C)C(C)C(=O)O)C1. The molecule has 3 atom stereocenters. The van der Waals surface area contributed by atoms with E-state index < -0.39 is 12.0 Å². The second-order valence-corrected chi connectivity index (χ2v) is 5.90. The van der Waals surface area contributed by atoms with E-state index in [1.807, 2.05) is 13.8 Å². The molecule has 3 unspecified atom stereocenters. The van der Waals surface area contributed by atoms with Gasteiger partial charge in [0, 0.05) is 26.1 Å². The first-order chi connectivity index (χ1) is 9.79. The van der Waals surface area contributed by atoms with Gasteiger partial charge in [0.1, 0.15) is 6.04 Å². The number of piperidine rings is 1. The van der Waals surface area contributed by atoms with Crippen LogP contribution in [0.1, 0.15) is 40.0 Å². The molecular weight excluding hydrogens is 272 g/mol. The predicted molar refractivity (Wildman–Crippen MR) is 78.6 cm³/mol. The van der Waals surface area contributed by atoms with Crippen molar-refractivity contribution in [1.29, 1.82) is 0 Å². The molecule has 0 aliphatic carbocycles. The van der Waals surface area contributed by atoms with Crippen LogP contribution in [0.25, 0.3) is 0 Å². The fourth-order valence-corrected chi connectivity index (χ4v) is 2.51. The molecule has 1 saturated heterocycles. The number of rotatable bonds is 5. The number of carbonyl (C=O) groups is 3. The summed E-state index contributed by atoms with van der Waals surface area (Å²) in [6, 6.07) is -0.849. The second-order valence-electron chi connectivity index (χ2n) is 5.90. The van der Waals surface area contributed by atoms with Crippen LogP contribution in [0.4, 0.5) is 0 Å². The van der Waals surface area contributed by atoms with E-state index in [9.17, 15) is 14.4 Å². The smallest absolute Gasteiger partial charge is 0.326 e. The van der Waals surface area contributed by atoms with Gasteiger partial charge in [-0.1, -0.05) is 13.8 Å². The molecule has 21 heavy (non-hydrogen) atoms. The van der Waals surface area contributed by atoms with Gasteiger partial charge in [0.2, 0.25) is 11.8 Å². The average molecular weight is 298 g/mol. The van der Waals surface area contributed by atoms with Crippen molar-refractivity contribution in [3.8, 4) is 0 Å². The summed E-state index contributed by atoms with van der Waals surface area (Å²) in [5, 5.41) is 8.99. The molecule has 0 aromatic heterocycles. The molecule has 0 spiro atoms. The third-order valence-corrected chi connectivity index (χ3v) is 4.40. The second kappa shape index (κ2) is 7.43. The molecule has 1 heterocycles. The van der Waals surface area contributed by atoms with Crippen LogP contribution in [0.3, 0.4) is 0 Å². The number of nitrogens with zero attached hydrogens (tertiary/aromatic N) is 2. The lowest BCUT2D eigenvalue weighted by atomic mass is 9.94. The summed E-state index contributed by atoms with van der Waals surface area (Å²) in [5.41, 5.74) is 0. The maximum absolute atomic E-state index is 12.4. The first kappa shape index (κ1) is 17.5. The molecule has 2 amide bonds. The highest BCUT2D eigenvalue weighted by Crippen LogP contribution is 2.21. The normalized spacial score (nSPS) is 21.5. The fourth-order valence-electron chi connectivity index (χ4n) is 2.51. The minimum atomic E-state index is -1.02. The fraction of sp³-hybridized carbons (Fsp3) is 0.800. The summed E-state index contributed by atoms with van der Waals surface area (Å²) < 4.78 is 0. The quantitative estimate of drug-likeness (QED) is 0.827. The van der Waals surface area contributed by atoms with Gasteiger partial charge < -0.3 is 14.9 Å². The van der Waals surface area contributed by atoms with Crippen molar-refractivity contribution in [1.82, 2.24) is 9.80 Å². The Morgan fingerprint density at radius 1 is 1.33 bits per heavy atom. The van der Waals surface area contributed by atoms with E-state index in [0.29, 0.717) is 19.5 Å². The summed E-state index contributed by atoms with van der Waals surface area (Å²) in [7, 11) is 1.51. The number of carbonyl (C=O) groups excluding carboxylic acids is 2. The van der Waals surface area contributed by atoms with E-state index in [-0.39, 0.29) is 23.7 Å². The van der Waals surface area contributed by atoms with E-state index in [1.165, 1.54) is 18.9 Å². The zero-order chi connectivity index (χ0) is 16.2. The average Bonchev–Trinajstić information content (AvgIpc) is 2.51. The number of hydrogen-bond donors (Lipinski definition) is 1. The van der Waals surface area contributed by atoms with Crippen LogP contribution in [0, 0.1) is 11.8 Å². The summed E-state index contributed by atoms with van der Waals surface area (Å²) >= 11 is 0. The van der Waals surface area contributed by atoms with Crippen molar-refractivity contribution in [2.45, 2.75) is 46.1 Å². The molecule has 1 aliphatic heterocycles. The lowest BCUT2D eigenvalue weighted by Crippen LogP contribution is -2.50. The molecule has 120 valence electrons. The highest BCUT2D eigenvalue weighted by atomic mass is 16.4. The zero-order valence-electron chi connectivity index (χ0n) is 13.3. The van der Waals surface area contributed by atoms with E-state index in [4.69, 9.17) is 5.11 Å². The van der Waals surface area contributed by atoms with Gasteiger partial charge >= 0.3 is 5.97 Å². The summed E-state index contributed by atoms with van der Waals surface area (Å²) in [4.78, 5) is 38.6. The van der Waals surface area contributed by atoms with Gasteiger partial charge in [-0.25, -0.2) is 4.79 Å². The number of likely N-dealkylation sites (N-methyl/N-ethyl adjacent to an activating group) is 1. The third kappa shape index (κ3) is 4.19. The first-order valence-corrected chi connectivity index (χ1v) is 7.57. The van der Waals surface area contributed by atoms with E-state index in [2.05, 4.69) is 0 Å². The van der Waals surface area contributed by atoms with Crippen LogP contribution in [0.2, 0.25) is 0 Å². The van der Waals surface area contributed by atoms with Gasteiger partial charge in [-0.2, -0.15) is 0 Å². The molecule has 0 bridgehead atoms.